The van der Waals surface area contributed by atoms with Crippen molar-refractivity contribution in [3.8, 4) is 0 Å². The van der Waals surface area contributed by atoms with E-state index in [-0.39, 0.29) is 35.0 Å². The number of nitrogens with zero attached hydrogens (tertiary/aromatic N) is 2. The molecule has 2 aromatic rings. The average Bonchev–Trinajstić information content (AvgIpc) is 2.46. The summed E-state index contributed by atoms with van der Waals surface area (Å²) in [5.41, 5.74) is 3.66. The number of hydrogen-bond acceptors (Lipinski definition) is 4. The van der Waals surface area contributed by atoms with Crippen molar-refractivity contribution in [1.29, 1.82) is 0 Å². The van der Waals surface area contributed by atoms with Gasteiger partial charge in [-0.05, 0) is 61.4 Å². The molecule has 0 amide bonds. The summed E-state index contributed by atoms with van der Waals surface area (Å²) in [5.74, 6) is 0.299. The number of aromatic nitrogens is 2. The van der Waals surface area contributed by atoms with Crippen LogP contribution in [-0.2, 0) is 12.8 Å². The molecule has 0 aromatic carbocycles. The second-order valence-corrected chi connectivity index (χ2v) is 6.86. The number of carbonyl (C=O) groups is 1. The number of aryl methyl sites for hydroxylation is 1. The van der Waals surface area contributed by atoms with Gasteiger partial charge in [0.05, 0.1) is 5.56 Å². The minimum Gasteiger partial charge on any atom is -0.870 e. The second kappa shape index (κ2) is 13.9. The molecule has 0 fully saturated rings. The van der Waals surface area contributed by atoms with Gasteiger partial charge in [0.2, 0.25) is 0 Å². The first-order valence-corrected chi connectivity index (χ1v) is 8.37. The Labute approximate surface area is 178 Å². The fourth-order valence-electron chi connectivity index (χ4n) is 2.27. The van der Waals surface area contributed by atoms with Crippen LogP contribution in [0.25, 0.3) is 0 Å². The van der Waals surface area contributed by atoms with Crippen LogP contribution in [0.4, 0.5) is 0 Å². The van der Waals surface area contributed by atoms with Crippen LogP contribution in [-0.4, -0.2) is 26.5 Å². The van der Waals surface area contributed by atoms with Gasteiger partial charge in [0.1, 0.15) is 0 Å². The van der Waals surface area contributed by atoms with E-state index >= 15 is 0 Å². The van der Waals surface area contributed by atoms with Gasteiger partial charge < -0.3 is 10.6 Å². The molecule has 6 heteroatoms. The van der Waals surface area contributed by atoms with Gasteiger partial charge in [-0.3, -0.25) is 9.97 Å². The van der Waals surface area contributed by atoms with Gasteiger partial charge in [0, 0.05) is 23.8 Å². The largest absolute Gasteiger partial charge is 1.00 e. The summed E-state index contributed by atoms with van der Waals surface area (Å²) in [6.45, 7) is 10.7. The minimum absolute atomic E-state index is 0. The fraction of sp³-hybridized carbons (Fsp3) is 0.450. The van der Waals surface area contributed by atoms with Crippen LogP contribution in [0.2, 0.25) is 0 Å². The van der Waals surface area contributed by atoms with Gasteiger partial charge in [-0.1, -0.05) is 27.7 Å². The Bertz CT molecular complexity index is 661. The number of rotatable bonds is 5. The van der Waals surface area contributed by atoms with Gasteiger partial charge in [-0.15, -0.1) is 0 Å². The third kappa shape index (κ3) is 11.4. The summed E-state index contributed by atoms with van der Waals surface area (Å²) in [5, 5.41) is 8.72. The molecule has 138 valence electrons. The van der Waals surface area contributed by atoms with Crippen LogP contribution in [0, 0.1) is 18.8 Å². The number of carboxylic acid groups (broad SMARTS) is 1. The van der Waals surface area contributed by atoms with Gasteiger partial charge in [-0.25, -0.2) is 4.79 Å². The first-order chi connectivity index (χ1) is 11.3. The molecule has 0 aliphatic heterocycles. The Morgan fingerprint density at radius 3 is 1.85 bits per heavy atom. The Hall–Kier alpha value is -1.27. The number of aromatic carboxylic acids is 1. The van der Waals surface area contributed by atoms with Crippen molar-refractivity contribution in [3.05, 3.63) is 59.2 Å². The smallest absolute Gasteiger partial charge is 0.870 e. The maximum absolute atomic E-state index is 10.6. The normalized spacial score (nSPS) is 9.65. The third-order valence-corrected chi connectivity index (χ3v) is 3.27. The van der Waals surface area contributed by atoms with Crippen molar-refractivity contribution in [3.63, 3.8) is 0 Å². The molecule has 0 spiro atoms. The van der Waals surface area contributed by atoms with Crippen LogP contribution in [0.1, 0.15) is 55.0 Å². The monoisotopic (exact) mass is 368 g/mol. The van der Waals surface area contributed by atoms with Crippen LogP contribution in [0.15, 0.2) is 36.7 Å². The van der Waals surface area contributed by atoms with Gasteiger partial charge in [0.15, 0.2) is 0 Å². The average molecular weight is 368 g/mol. The number of pyridine rings is 2. The van der Waals surface area contributed by atoms with Gasteiger partial charge in [0.25, 0.3) is 0 Å². The summed E-state index contributed by atoms with van der Waals surface area (Å²) in [7, 11) is 0. The topological polar surface area (TPSA) is 93.1 Å². The molecule has 0 saturated carbocycles. The minimum atomic E-state index is -0.896. The molecular weight excluding hydrogens is 339 g/mol. The summed E-state index contributed by atoms with van der Waals surface area (Å²) in [4.78, 5) is 19.0. The Balaban J connectivity index is 0. The first kappa shape index (κ1) is 27.0. The summed E-state index contributed by atoms with van der Waals surface area (Å²) in [6.07, 6.45) is 5.33. The van der Waals surface area contributed by atoms with Crippen molar-refractivity contribution in [2.45, 2.75) is 47.5 Å². The molecule has 0 radical (unpaired) electrons. The van der Waals surface area contributed by atoms with E-state index < -0.39 is 5.97 Å². The molecule has 0 aliphatic carbocycles. The maximum Gasteiger partial charge on any atom is 1.00 e. The predicted molar refractivity (Wildman–Crippen MR) is 99.2 cm³/mol. The maximum atomic E-state index is 10.6. The zero-order valence-corrected chi connectivity index (χ0v) is 18.7. The number of carboxylic acids is 1. The molecule has 0 saturated heterocycles. The zero-order chi connectivity index (χ0) is 18.1. The molecule has 5 nitrogen and oxygen atoms in total. The molecule has 26 heavy (non-hydrogen) atoms. The number of hydrogen-bond donors (Lipinski definition) is 1. The molecule has 0 atom stereocenters. The van der Waals surface area contributed by atoms with Crippen molar-refractivity contribution < 1.29 is 44.9 Å². The predicted octanol–water partition coefficient (Wildman–Crippen LogP) is 1.39. The molecule has 2 rings (SSSR count). The summed E-state index contributed by atoms with van der Waals surface area (Å²) in [6, 6.07) is 7.32. The van der Waals surface area contributed by atoms with E-state index in [1.165, 1.54) is 17.3 Å². The van der Waals surface area contributed by atoms with Crippen LogP contribution < -0.4 is 29.6 Å². The van der Waals surface area contributed by atoms with E-state index in [1.54, 1.807) is 12.3 Å². The summed E-state index contributed by atoms with van der Waals surface area (Å²) >= 11 is 0. The summed E-state index contributed by atoms with van der Waals surface area (Å²) < 4.78 is 0. The van der Waals surface area contributed by atoms with E-state index in [2.05, 4.69) is 50.7 Å². The first-order valence-electron chi connectivity index (χ1n) is 8.37. The van der Waals surface area contributed by atoms with E-state index in [0.717, 1.165) is 18.5 Å². The van der Waals surface area contributed by atoms with Crippen LogP contribution in [0.3, 0.4) is 0 Å². The quantitative estimate of drug-likeness (QED) is 0.805. The zero-order valence-electron chi connectivity index (χ0n) is 16.7. The van der Waals surface area contributed by atoms with Gasteiger partial charge >= 0.3 is 35.5 Å². The Kier molecular flexibility index (Phi) is 14.4. The van der Waals surface area contributed by atoms with E-state index in [0.29, 0.717) is 17.4 Å². The standard InChI is InChI=1S/C10H13NO2.C10H15N.Na.H2O/c1-7(2)5-9-6-8(10(12)13)3-4-11-9;1-8(2)6-10-7-9(3)4-5-11-10;;/h3-4,6-7H,5H2,1-2H3,(H,12,13);4-5,7-8H,6H2,1-3H3;;1H2/q;;+1;/p-1. The third-order valence-electron chi connectivity index (χ3n) is 3.27. The molecule has 2 N–H and O–H groups in total. The van der Waals surface area contributed by atoms with Crippen LogP contribution >= 0.6 is 0 Å². The fourth-order valence-corrected chi connectivity index (χ4v) is 2.27. The molecule has 0 bridgehead atoms. The Morgan fingerprint density at radius 1 is 0.962 bits per heavy atom. The second-order valence-electron chi connectivity index (χ2n) is 6.86. The van der Waals surface area contributed by atoms with Crippen LogP contribution in [0.5, 0.6) is 0 Å². The Morgan fingerprint density at radius 2 is 1.42 bits per heavy atom. The molecule has 2 aromatic heterocycles. The van der Waals surface area contributed by atoms with E-state index in [4.69, 9.17) is 5.11 Å². The van der Waals surface area contributed by atoms with Crippen molar-refractivity contribution in [2.24, 2.45) is 11.8 Å². The molecule has 0 unspecified atom stereocenters. The molecular formula is C20H29N2NaO3. The van der Waals surface area contributed by atoms with Gasteiger partial charge in [-0.2, -0.15) is 0 Å². The van der Waals surface area contributed by atoms with Crippen molar-refractivity contribution in [1.82, 2.24) is 9.97 Å². The molecule has 0 aliphatic rings. The van der Waals surface area contributed by atoms with E-state index in [1.807, 2.05) is 12.3 Å². The van der Waals surface area contributed by atoms with Crippen molar-refractivity contribution >= 4 is 5.97 Å². The SMILES string of the molecule is CC(C)Cc1cc(C(=O)O)ccn1.Cc1ccnc(CC(C)C)c1.[Na+].[OH-]. The molecule has 2 heterocycles. The van der Waals surface area contributed by atoms with E-state index in [9.17, 15) is 4.79 Å². The van der Waals surface area contributed by atoms with Crippen molar-refractivity contribution in [2.75, 3.05) is 0 Å².